The Morgan fingerprint density at radius 2 is 1.69 bits per heavy atom. The molecule has 0 atom stereocenters. The van der Waals surface area contributed by atoms with Crippen LogP contribution < -0.4 is 4.91 Å². The van der Waals surface area contributed by atoms with Gasteiger partial charge in [-0.1, -0.05) is 43.7 Å². The van der Waals surface area contributed by atoms with Gasteiger partial charge in [0.25, 0.3) is 0 Å². The lowest BCUT2D eigenvalue weighted by atomic mass is 10.1. The van der Waals surface area contributed by atoms with E-state index in [0.29, 0.717) is 0 Å². The highest BCUT2D eigenvalue weighted by atomic mass is 15.0. The lowest BCUT2D eigenvalue weighted by Crippen LogP contribution is -1.81. The third-order valence-electron chi connectivity index (χ3n) is 1.66. The van der Waals surface area contributed by atoms with E-state index in [-0.39, 0.29) is 0 Å². The van der Waals surface area contributed by atoms with Crippen molar-refractivity contribution in [3.05, 3.63) is 35.9 Å². The van der Waals surface area contributed by atoms with Gasteiger partial charge < -0.3 is 0 Å². The maximum atomic E-state index is 5.50. The summed E-state index contributed by atoms with van der Waals surface area (Å²) in [4.78, 5) is 2.00. The monoisotopic (exact) mass is 178 g/mol. The molecule has 13 heavy (non-hydrogen) atoms. The summed E-state index contributed by atoms with van der Waals surface area (Å²) in [5.74, 6) is 0. The maximum absolute atomic E-state index is 5.50. The van der Waals surface area contributed by atoms with Crippen molar-refractivity contribution in [1.82, 2.24) is 4.91 Å². The molecule has 0 unspecified atom stereocenters. The van der Waals surface area contributed by atoms with Gasteiger partial charge in [-0.15, -0.1) is 0 Å². The van der Waals surface area contributed by atoms with Gasteiger partial charge in [0.05, 0.1) is 0 Å². The summed E-state index contributed by atoms with van der Waals surface area (Å²) in [6.45, 7) is 2.23. The number of unbranched alkanes of at least 4 members (excludes halogenated alkanes) is 1. The summed E-state index contributed by atoms with van der Waals surface area (Å²) < 4.78 is 0. The molecule has 0 saturated heterocycles. The molecule has 3 nitrogen and oxygen atoms in total. The van der Waals surface area contributed by atoms with Gasteiger partial charge in [-0.25, -0.2) is 0 Å². The number of nitrogens with one attached hydrogen (secondary N) is 2. The van der Waals surface area contributed by atoms with Crippen LogP contribution in [-0.2, 0) is 6.42 Å². The molecular weight excluding hydrogens is 162 g/mol. The molecule has 0 spiro atoms. The van der Waals surface area contributed by atoms with Crippen molar-refractivity contribution in [3.63, 3.8) is 0 Å². The topological polar surface area (TPSA) is 61.8 Å². The molecule has 0 fully saturated rings. The van der Waals surface area contributed by atoms with Crippen molar-refractivity contribution < 1.29 is 0 Å². The highest BCUT2D eigenvalue weighted by Gasteiger charge is 1.87. The molecule has 0 saturated carbocycles. The molecule has 1 aromatic carbocycles. The van der Waals surface area contributed by atoms with Crippen molar-refractivity contribution in [2.24, 2.45) is 0 Å². The molecule has 3 heteroatoms. The molecule has 0 aliphatic rings. The van der Waals surface area contributed by atoms with Crippen LogP contribution in [0.25, 0.3) is 0 Å². The van der Waals surface area contributed by atoms with Crippen LogP contribution in [0.5, 0.6) is 0 Å². The third kappa shape index (κ3) is 6.91. The molecule has 1 aromatic rings. The van der Waals surface area contributed by atoms with E-state index >= 15 is 0 Å². The SMILES string of the molecule is CCCCc1ccccc1.N=[N+]=N. The standard InChI is InChI=1S/C10H14.H2N3/c1-2-3-7-10-8-5-4-6-9-10;1-3-2/h4-6,8-9H,2-3,7H2,1H3;1-2H/q;+1. The minimum atomic E-state index is 1.23. The first-order valence-electron chi connectivity index (χ1n) is 4.42. The Balaban J connectivity index is 0.000000424. The Morgan fingerprint density at radius 1 is 1.15 bits per heavy atom. The van der Waals surface area contributed by atoms with Gasteiger partial charge in [0, 0.05) is 0 Å². The van der Waals surface area contributed by atoms with Crippen LogP contribution in [0.15, 0.2) is 30.3 Å². The largest absolute Gasteiger partial charge is 0.211 e. The fraction of sp³-hybridized carbons (Fsp3) is 0.400. The second kappa shape index (κ2) is 8.62. The first-order chi connectivity index (χ1) is 6.35. The van der Waals surface area contributed by atoms with E-state index in [9.17, 15) is 0 Å². The lowest BCUT2D eigenvalue weighted by Gasteiger charge is -1.96. The van der Waals surface area contributed by atoms with Crippen LogP contribution in [-0.4, -0.2) is 0 Å². The van der Waals surface area contributed by atoms with Crippen LogP contribution in [0.2, 0.25) is 0 Å². The van der Waals surface area contributed by atoms with Crippen molar-refractivity contribution in [2.75, 3.05) is 0 Å². The molecule has 1 rings (SSSR count). The second-order valence-corrected chi connectivity index (χ2v) is 2.70. The summed E-state index contributed by atoms with van der Waals surface area (Å²) >= 11 is 0. The summed E-state index contributed by atoms with van der Waals surface area (Å²) in [6.07, 6.45) is 3.83. The molecular formula is C10H16N3+. The summed E-state index contributed by atoms with van der Waals surface area (Å²) in [5, 5.41) is 0. The Bertz CT molecular complexity index is 238. The van der Waals surface area contributed by atoms with Gasteiger partial charge in [0.15, 0.2) is 0 Å². The van der Waals surface area contributed by atoms with Gasteiger partial charge >= 0.3 is 0 Å². The molecule has 2 N–H and O–H groups in total. The van der Waals surface area contributed by atoms with E-state index in [1.54, 1.807) is 0 Å². The molecule has 0 aliphatic heterocycles. The molecule has 0 aliphatic carbocycles. The van der Waals surface area contributed by atoms with E-state index in [2.05, 4.69) is 37.3 Å². The number of aryl methyl sites for hydroxylation is 1. The van der Waals surface area contributed by atoms with Gasteiger partial charge in [0.2, 0.25) is 4.91 Å². The Hall–Kier alpha value is -1.47. The van der Waals surface area contributed by atoms with Crippen LogP contribution in [0, 0.1) is 11.1 Å². The zero-order valence-corrected chi connectivity index (χ0v) is 7.96. The van der Waals surface area contributed by atoms with Crippen molar-refractivity contribution in [3.8, 4) is 0 Å². The fourth-order valence-electron chi connectivity index (χ4n) is 1.03. The Labute approximate surface area is 78.8 Å². The number of hydrogen-bond acceptors (Lipinski definition) is 2. The van der Waals surface area contributed by atoms with Gasteiger partial charge in [-0.2, -0.15) is 0 Å². The van der Waals surface area contributed by atoms with Crippen LogP contribution in [0.1, 0.15) is 25.3 Å². The minimum Gasteiger partial charge on any atom is -0.0654 e. The van der Waals surface area contributed by atoms with E-state index < -0.39 is 0 Å². The van der Waals surface area contributed by atoms with Crippen LogP contribution in [0.3, 0.4) is 0 Å². The van der Waals surface area contributed by atoms with Crippen molar-refractivity contribution in [1.29, 1.82) is 11.1 Å². The normalized spacial score (nSPS) is 8.08. The minimum absolute atomic E-state index is 1.23. The lowest BCUT2D eigenvalue weighted by molar-refractivity contribution is 0.795. The summed E-state index contributed by atoms with van der Waals surface area (Å²) in [7, 11) is 0. The van der Waals surface area contributed by atoms with E-state index in [0.717, 1.165) is 0 Å². The molecule has 70 valence electrons. The predicted molar refractivity (Wildman–Crippen MR) is 52.6 cm³/mol. The Morgan fingerprint density at radius 3 is 2.15 bits per heavy atom. The summed E-state index contributed by atoms with van der Waals surface area (Å²) in [6, 6.07) is 10.6. The highest BCUT2D eigenvalue weighted by molar-refractivity contribution is 5.14. The average Bonchev–Trinajstić information content (AvgIpc) is 2.18. The van der Waals surface area contributed by atoms with Gasteiger partial charge in [-0.3, -0.25) is 0 Å². The van der Waals surface area contributed by atoms with Crippen molar-refractivity contribution >= 4 is 0 Å². The Kier molecular flexibility index (Phi) is 7.65. The maximum Gasteiger partial charge on any atom is 0.211 e. The molecule has 0 aromatic heterocycles. The average molecular weight is 178 g/mol. The molecule has 0 bridgehead atoms. The third-order valence-corrected chi connectivity index (χ3v) is 1.66. The second-order valence-electron chi connectivity index (χ2n) is 2.70. The molecule has 0 radical (unpaired) electrons. The van der Waals surface area contributed by atoms with Gasteiger partial charge in [-0.05, 0) is 18.4 Å². The summed E-state index contributed by atoms with van der Waals surface area (Å²) in [5.41, 5.74) is 12.5. The van der Waals surface area contributed by atoms with Crippen LogP contribution in [0.4, 0.5) is 0 Å². The highest BCUT2D eigenvalue weighted by Crippen LogP contribution is 2.03. The zero-order valence-electron chi connectivity index (χ0n) is 7.96. The van der Waals surface area contributed by atoms with Crippen LogP contribution >= 0.6 is 0 Å². The van der Waals surface area contributed by atoms with Gasteiger partial charge in [0.1, 0.15) is 11.1 Å². The fourth-order valence-corrected chi connectivity index (χ4v) is 1.03. The first kappa shape index (κ1) is 11.5. The predicted octanol–water partition coefficient (Wildman–Crippen LogP) is 3.14. The smallest absolute Gasteiger partial charge is 0.0654 e. The first-order valence-corrected chi connectivity index (χ1v) is 4.42. The number of nitrogens with zero attached hydrogens (tertiary/aromatic N) is 1. The zero-order chi connectivity index (χ0) is 9.94. The quantitative estimate of drug-likeness (QED) is 0.527. The molecule has 0 amide bonds. The van der Waals surface area contributed by atoms with E-state index in [1.807, 2.05) is 4.91 Å². The van der Waals surface area contributed by atoms with Crippen molar-refractivity contribution in [2.45, 2.75) is 26.2 Å². The van der Waals surface area contributed by atoms with E-state index in [1.165, 1.54) is 24.8 Å². The number of rotatable bonds is 3. The number of hydrogen-bond donors (Lipinski definition) is 2. The van der Waals surface area contributed by atoms with E-state index in [4.69, 9.17) is 11.1 Å². The molecule has 0 heterocycles. The number of benzene rings is 1.